The molecule has 0 aliphatic heterocycles. The van der Waals surface area contributed by atoms with Crippen LogP contribution < -0.4 is 0 Å². The van der Waals surface area contributed by atoms with Gasteiger partial charge >= 0.3 is 5.97 Å². The van der Waals surface area contributed by atoms with Crippen LogP contribution in [0.5, 0.6) is 0 Å². The Bertz CT molecular complexity index is 705. The molecule has 2 rings (SSSR count). The molecular formula is C12H9FO4S2. The van der Waals surface area contributed by atoms with E-state index in [1.165, 1.54) is 11.3 Å². The molecule has 1 heterocycles. The minimum atomic E-state index is -3.81. The summed E-state index contributed by atoms with van der Waals surface area (Å²) in [7, 11) is -3.81. The molecule has 4 nitrogen and oxygen atoms in total. The van der Waals surface area contributed by atoms with Gasteiger partial charge in [0.05, 0.1) is 11.3 Å². The standard InChI is InChI=1S/C12H9FO4S2/c13-10-6-8(12(14)15)3-4-11(10)19(16,17)7-9-2-1-5-18-9/h1-6H,7H2,(H,14,15). The first-order chi connectivity index (χ1) is 8.90. The van der Waals surface area contributed by atoms with Crippen LogP contribution in [-0.4, -0.2) is 19.5 Å². The van der Waals surface area contributed by atoms with Gasteiger partial charge in [-0.05, 0) is 29.6 Å². The summed E-state index contributed by atoms with van der Waals surface area (Å²) in [6.45, 7) is 0. The summed E-state index contributed by atoms with van der Waals surface area (Å²) in [5.74, 6) is -2.65. The van der Waals surface area contributed by atoms with Gasteiger partial charge in [0, 0.05) is 4.88 Å². The van der Waals surface area contributed by atoms with Crippen molar-refractivity contribution in [2.45, 2.75) is 10.6 Å². The molecule has 100 valence electrons. The molecule has 0 aliphatic rings. The van der Waals surface area contributed by atoms with Crippen LogP contribution in [0.2, 0.25) is 0 Å². The van der Waals surface area contributed by atoms with Gasteiger partial charge in [-0.25, -0.2) is 17.6 Å². The van der Waals surface area contributed by atoms with E-state index in [9.17, 15) is 17.6 Å². The highest BCUT2D eigenvalue weighted by molar-refractivity contribution is 7.90. The van der Waals surface area contributed by atoms with E-state index in [0.717, 1.165) is 12.1 Å². The molecule has 0 spiro atoms. The Hall–Kier alpha value is -1.73. The third kappa shape index (κ3) is 2.99. The van der Waals surface area contributed by atoms with Crippen LogP contribution >= 0.6 is 11.3 Å². The number of rotatable bonds is 4. The zero-order valence-corrected chi connectivity index (χ0v) is 11.2. The smallest absolute Gasteiger partial charge is 0.335 e. The first-order valence-corrected chi connectivity index (χ1v) is 7.71. The second kappa shape index (κ2) is 5.10. The number of sulfone groups is 1. The fraction of sp³-hybridized carbons (Fsp3) is 0.0833. The monoisotopic (exact) mass is 300 g/mol. The van der Waals surface area contributed by atoms with Crippen LogP contribution in [0, 0.1) is 5.82 Å². The number of aromatic carboxylic acids is 1. The molecule has 0 aliphatic carbocycles. The molecular weight excluding hydrogens is 291 g/mol. The topological polar surface area (TPSA) is 71.4 Å². The number of carboxylic acids is 1. The minimum Gasteiger partial charge on any atom is -0.478 e. The Morgan fingerprint density at radius 3 is 2.58 bits per heavy atom. The van der Waals surface area contributed by atoms with Crippen LogP contribution in [0.4, 0.5) is 4.39 Å². The summed E-state index contributed by atoms with van der Waals surface area (Å²) in [6, 6.07) is 6.13. The van der Waals surface area contributed by atoms with Gasteiger partial charge < -0.3 is 5.11 Å². The van der Waals surface area contributed by atoms with Crippen LogP contribution in [0.3, 0.4) is 0 Å². The Morgan fingerprint density at radius 1 is 1.32 bits per heavy atom. The number of carboxylic acid groups (broad SMARTS) is 1. The van der Waals surface area contributed by atoms with E-state index in [-0.39, 0.29) is 11.3 Å². The lowest BCUT2D eigenvalue weighted by Crippen LogP contribution is -2.08. The number of thiophene rings is 1. The first-order valence-electron chi connectivity index (χ1n) is 5.18. The van der Waals surface area contributed by atoms with Crippen LogP contribution in [0.25, 0.3) is 0 Å². The van der Waals surface area contributed by atoms with Gasteiger partial charge in [-0.3, -0.25) is 0 Å². The third-order valence-electron chi connectivity index (χ3n) is 2.43. The average molecular weight is 300 g/mol. The summed E-state index contributed by atoms with van der Waals surface area (Å²) in [4.78, 5) is 10.8. The van der Waals surface area contributed by atoms with Crippen LogP contribution in [0.1, 0.15) is 15.2 Å². The SMILES string of the molecule is O=C(O)c1ccc(S(=O)(=O)Cc2cccs2)c(F)c1. The summed E-state index contributed by atoms with van der Waals surface area (Å²) in [5.41, 5.74) is -0.285. The third-order valence-corrected chi connectivity index (χ3v) is 5.18. The van der Waals surface area contributed by atoms with Crippen LogP contribution in [-0.2, 0) is 15.6 Å². The molecule has 0 atom stereocenters. The number of halogens is 1. The summed E-state index contributed by atoms with van der Waals surface area (Å²) in [5, 5.41) is 10.4. The quantitative estimate of drug-likeness (QED) is 0.942. The lowest BCUT2D eigenvalue weighted by molar-refractivity contribution is 0.0696. The van der Waals surface area contributed by atoms with Crippen molar-refractivity contribution in [2.24, 2.45) is 0 Å². The molecule has 0 unspecified atom stereocenters. The normalized spacial score (nSPS) is 11.4. The highest BCUT2D eigenvalue weighted by Gasteiger charge is 2.21. The van der Waals surface area contributed by atoms with E-state index in [2.05, 4.69) is 0 Å². The summed E-state index contributed by atoms with van der Waals surface area (Å²) < 4.78 is 37.7. The number of carbonyl (C=O) groups is 1. The van der Waals surface area contributed by atoms with Crippen molar-refractivity contribution in [1.29, 1.82) is 0 Å². The molecule has 1 aromatic heterocycles. The minimum absolute atomic E-state index is 0.285. The zero-order valence-electron chi connectivity index (χ0n) is 9.54. The molecule has 0 radical (unpaired) electrons. The van der Waals surface area contributed by atoms with Gasteiger partial charge in [0.1, 0.15) is 10.7 Å². The van der Waals surface area contributed by atoms with E-state index < -0.39 is 26.5 Å². The maximum atomic E-state index is 13.7. The fourth-order valence-corrected chi connectivity index (χ4v) is 4.03. The van der Waals surface area contributed by atoms with Gasteiger partial charge in [0.15, 0.2) is 9.84 Å². The Morgan fingerprint density at radius 2 is 2.05 bits per heavy atom. The summed E-state index contributed by atoms with van der Waals surface area (Å²) in [6.07, 6.45) is 0. The van der Waals surface area contributed by atoms with Gasteiger partial charge in [-0.2, -0.15) is 0 Å². The maximum absolute atomic E-state index is 13.7. The van der Waals surface area contributed by atoms with E-state index in [1.54, 1.807) is 17.5 Å². The Labute approximate surface area is 113 Å². The van der Waals surface area contributed by atoms with Gasteiger partial charge in [0.2, 0.25) is 0 Å². The van der Waals surface area contributed by atoms with Crippen molar-refractivity contribution in [3.63, 3.8) is 0 Å². The number of hydrogen-bond donors (Lipinski definition) is 1. The molecule has 19 heavy (non-hydrogen) atoms. The van der Waals surface area contributed by atoms with Crippen molar-refractivity contribution in [3.05, 3.63) is 52.0 Å². The van der Waals surface area contributed by atoms with Gasteiger partial charge in [0.25, 0.3) is 0 Å². The van der Waals surface area contributed by atoms with Crippen molar-refractivity contribution >= 4 is 27.1 Å². The maximum Gasteiger partial charge on any atom is 0.335 e. The fourth-order valence-electron chi connectivity index (χ4n) is 1.55. The first kappa shape index (κ1) is 13.7. The van der Waals surface area contributed by atoms with E-state index in [4.69, 9.17) is 5.11 Å². The second-order valence-electron chi connectivity index (χ2n) is 3.79. The predicted molar refractivity (Wildman–Crippen MR) is 68.6 cm³/mol. The lowest BCUT2D eigenvalue weighted by atomic mass is 10.2. The number of hydrogen-bond acceptors (Lipinski definition) is 4. The zero-order chi connectivity index (χ0) is 14.0. The predicted octanol–water partition coefficient (Wildman–Crippen LogP) is 2.56. The van der Waals surface area contributed by atoms with E-state index in [0.29, 0.717) is 10.9 Å². The van der Waals surface area contributed by atoms with Crippen LogP contribution in [0.15, 0.2) is 40.6 Å². The molecule has 0 bridgehead atoms. The molecule has 1 aromatic carbocycles. The molecule has 7 heteroatoms. The largest absolute Gasteiger partial charge is 0.478 e. The molecule has 1 N–H and O–H groups in total. The Balaban J connectivity index is 2.38. The highest BCUT2D eigenvalue weighted by Crippen LogP contribution is 2.22. The lowest BCUT2D eigenvalue weighted by Gasteiger charge is -2.05. The Kier molecular flexibility index (Phi) is 3.68. The van der Waals surface area contributed by atoms with Crippen molar-refractivity contribution < 1.29 is 22.7 Å². The molecule has 2 aromatic rings. The second-order valence-corrected chi connectivity index (χ2v) is 6.78. The van der Waals surface area contributed by atoms with Crippen molar-refractivity contribution in [1.82, 2.24) is 0 Å². The average Bonchev–Trinajstić information content (AvgIpc) is 2.80. The van der Waals surface area contributed by atoms with E-state index >= 15 is 0 Å². The molecule has 0 fully saturated rings. The van der Waals surface area contributed by atoms with Gasteiger partial charge in [-0.15, -0.1) is 11.3 Å². The van der Waals surface area contributed by atoms with E-state index in [1.807, 2.05) is 0 Å². The van der Waals surface area contributed by atoms with Crippen molar-refractivity contribution in [3.8, 4) is 0 Å². The summed E-state index contributed by atoms with van der Waals surface area (Å²) >= 11 is 1.26. The highest BCUT2D eigenvalue weighted by atomic mass is 32.2. The van der Waals surface area contributed by atoms with Gasteiger partial charge in [-0.1, -0.05) is 6.07 Å². The van der Waals surface area contributed by atoms with Crippen molar-refractivity contribution in [2.75, 3.05) is 0 Å². The molecule has 0 saturated heterocycles. The number of benzene rings is 1. The molecule has 0 amide bonds. The molecule has 0 saturated carbocycles.